The van der Waals surface area contributed by atoms with Crippen molar-refractivity contribution < 1.29 is 14.3 Å². The van der Waals surface area contributed by atoms with Gasteiger partial charge in [0.15, 0.2) is 0 Å². The number of nitrogens with one attached hydrogen (secondary N) is 2. The third-order valence-corrected chi connectivity index (χ3v) is 5.77. The van der Waals surface area contributed by atoms with Gasteiger partial charge < -0.3 is 19.8 Å². The van der Waals surface area contributed by atoms with Crippen LogP contribution in [-0.4, -0.2) is 39.0 Å². The average Bonchev–Trinajstić information content (AvgIpc) is 3.15. The first-order valence-electron chi connectivity index (χ1n) is 10.3. The van der Waals surface area contributed by atoms with Gasteiger partial charge in [-0.05, 0) is 50.2 Å². The molecule has 2 aromatic heterocycles. The molecule has 3 heterocycles. The predicted octanol–water partition coefficient (Wildman–Crippen LogP) is 3.23. The van der Waals surface area contributed by atoms with Crippen LogP contribution < -0.4 is 10.9 Å². The van der Waals surface area contributed by atoms with E-state index in [-0.39, 0.29) is 28.7 Å². The topological polar surface area (TPSA) is 111 Å². The Hall–Kier alpha value is -3.65. The van der Waals surface area contributed by atoms with Crippen LogP contribution in [0, 0.1) is 5.92 Å². The van der Waals surface area contributed by atoms with E-state index < -0.39 is 0 Å². The Bertz CT molecular complexity index is 1320. The number of aromatic nitrogens is 2. The number of benzene rings is 2. The van der Waals surface area contributed by atoms with Gasteiger partial charge >= 0.3 is 0 Å². The minimum Gasteiger partial charge on any atom is -0.506 e. The molecule has 2 aromatic carbocycles. The molecule has 1 amide bonds. The lowest BCUT2D eigenvalue weighted by atomic mass is 9.95. The summed E-state index contributed by atoms with van der Waals surface area (Å²) in [5, 5.41) is 13.5. The molecule has 0 unspecified atom stereocenters. The fourth-order valence-corrected chi connectivity index (χ4v) is 4.10. The van der Waals surface area contributed by atoms with Crippen LogP contribution in [0.15, 0.2) is 57.7 Å². The molecule has 0 aliphatic carbocycles. The first-order valence-corrected chi connectivity index (χ1v) is 10.3. The summed E-state index contributed by atoms with van der Waals surface area (Å²) in [5.74, 6) is 0.439. The highest BCUT2D eigenvalue weighted by molar-refractivity contribution is 6.01. The molecule has 0 atom stereocenters. The molecule has 0 saturated carbocycles. The van der Waals surface area contributed by atoms with Crippen molar-refractivity contribution in [1.82, 2.24) is 14.9 Å². The van der Waals surface area contributed by atoms with Crippen LogP contribution >= 0.6 is 0 Å². The van der Waals surface area contributed by atoms with Gasteiger partial charge in [0.2, 0.25) is 11.5 Å². The number of anilines is 1. The summed E-state index contributed by atoms with van der Waals surface area (Å²) in [6.07, 6.45) is 1.39. The van der Waals surface area contributed by atoms with Crippen molar-refractivity contribution in [3.8, 4) is 5.75 Å². The van der Waals surface area contributed by atoms with E-state index >= 15 is 0 Å². The van der Waals surface area contributed by atoms with E-state index in [0.29, 0.717) is 55.1 Å². The standard InChI is InChI=1S/C23H22N4O4/c28-17-7-3-2-6-16(17)24-22(29)14-9-11-27(12-10-14)13-19-25-20-15-5-1-4-8-18(15)31-21(20)23(30)26-19/h1-8,14,28H,9-13H2,(H,24,29)(H,25,26,30). The molecule has 8 nitrogen and oxygen atoms in total. The van der Waals surface area contributed by atoms with Crippen LogP contribution in [0.2, 0.25) is 0 Å². The molecular weight excluding hydrogens is 396 g/mol. The number of hydrogen-bond acceptors (Lipinski definition) is 6. The van der Waals surface area contributed by atoms with E-state index in [1.807, 2.05) is 24.3 Å². The van der Waals surface area contributed by atoms with E-state index in [0.717, 1.165) is 5.39 Å². The van der Waals surface area contributed by atoms with Crippen molar-refractivity contribution in [2.24, 2.45) is 5.92 Å². The lowest BCUT2D eigenvalue weighted by Gasteiger charge is -2.30. The van der Waals surface area contributed by atoms with Crippen LogP contribution in [0.1, 0.15) is 18.7 Å². The van der Waals surface area contributed by atoms with Gasteiger partial charge in [0.05, 0.1) is 12.2 Å². The van der Waals surface area contributed by atoms with Gasteiger partial charge in [-0.1, -0.05) is 24.3 Å². The SMILES string of the molecule is O=C(Nc1ccccc1O)C1CCN(Cc2nc3c(oc4ccccc43)c(=O)[nH]2)CC1. The van der Waals surface area contributed by atoms with Crippen molar-refractivity contribution in [1.29, 1.82) is 0 Å². The second-order valence-corrected chi connectivity index (χ2v) is 7.85. The maximum absolute atomic E-state index is 12.6. The fourth-order valence-electron chi connectivity index (χ4n) is 4.10. The Morgan fingerprint density at radius 2 is 1.90 bits per heavy atom. The lowest BCUT2D eigenvalue weighted by Crippen LogP contribution is -2.38. The summed E-state index contributed by atoms with van der Waals surface area (Å²) < 4.78 is 5.64. The van der Waals surface area contributed by atoms with Gasteiger partial charge in [0, 0.05) is 11.3 Å². The Morgan fingerprint density at radius 3 is 2.71 bits per heavy atom. The summed E-state index contributed by atoms with van der Waals surface area (Å²) in [7, 11) is 0. The second-order valence-electron chi connectivity index (χ2n) is 7.85. The maximum atomic E-state index is 12.6. The number of likely N-dealkylation sites (tertiary alicyclic amines) is 1. The molecule has 31 heavy (non-hydrogen) atoms. The largest absolute Gasteiger partial charge is 0.506 e. The highest BCUT2D eigenvalue weighted by Gasteiger charge is 2.26. The Labute approximate surface area is 177 Å². The Balaban J connectivity index is 1.26. The van der Waals surface area contributed by atoms with Gasteiger partial charge in [-0.3, -0.25) is 14.5 Å². The highest BCUT2D eigenvalue weighted by Crippen LogP contribution is 2.26. The minimum absolute atomic E-state index is 0.0606. The number of carbonyl (C=O) groups excluding carboxylic acids is 1. The summed E-state index contributed by atoms with van der Waals surface area (Å²) in [6.45, 7) is 1.93. The molecule has 1 fully saturated rings. The number of carbonyl (C=O) groups is 1. The summed E-state index contributed by atoms with van der Waals surface area (Å²) in [6, 6.07) is 14.2. The van der Waals surface area contributed by atoms with Gasteiger partial charge in [-0.25, -0.2) is 4.98 Å². The molecule has 1 aliphatic rings. The number of furan rings is 1. The van der Waals surface area contributed by atoms with E-state index in [4.69, 9.17) is 4.42 Å². The van der Waals surface area contributed by atoms with Crippen LogP contribution in [0.5, 0.6) is 5.75 Å². The molecule has 1 saturated heterocycles. The molecule has 0 spiro atoms. The van der Waals surface area contributed by atoms with Crippen LogP contribution in [-0.2, 0) is 11.3 Å². The van der Waals surface area contributed by atoms with Crippen molar-refractivity contribution in [2.75, 3.05) is 18.4 Å². The minimum atomic E-state index is -0.284. The lowest BCUT2D eigenvalue weighted by molar-refractivity contribution is -0.121. The third-order valence-electron chi connectivity index (χ3n) is 5.77. The molecular formula is C23H22N4O4. The van der Waals surface area contributed by atoms with Gasteiger partial charge in [-0.15, -0.1) is 0 Å². The maximum Gasteiger partial charge on any atom is 0.294 e. The van der Waals surface area contributed by atoms with Crippen LogP contribution in [0.4, 0.5) is 5.69 Å². The van der Waals surface area contributed by atoms with Crippen LogP contribution in [0.25, 0.3) is 22.1 Å². The first kappa shape index (κ1) is 19.3. The predicted molar refractivity (Wildman–Crippen MR) is 117 cm³/mol. The molecule has 158 valence electrons. The molecule has 8 heteroatoms. The number of aromatic amines is 1. The number of piperidine rings is 1. The van der Waals surface area contributed by atoms with Gasteiger partial charge in [0.25, 0.3) is 5.56 Å². The van der Waals surface area contributed by atoms with E-state index in [2.05, 4.69) is 20.2 Å². The van der Waals surface area contributed by atoms with Crippen LogP contribution in [0.3, 0.4) is 0 Å². The summed E-state index contributed by atoms with van der Waals surface area (Å²) in [5.41, 5.74) is 1.60. The molecule has 3 N–H and O–H groups in total. The van der Waals surface area contributed by atoms with E-state index in [1.165, 1.54) is 0 Å². The molecule has 0 bridgehead atoms. The van der Waals surface area contributed by atoms with Gasteiger partial charge in [-0.2, -0.15) is 0 Å². The summed E-state index contributed by atoms with van der Waals surface area (Å²) >= 11 is 0. The average molecular weight is 418 g/mol. The Kier molecular flexibility index (Phi) is 4.91. The monoisotopic (exact) mass is 418 g/mol. The fraction of sp³-hybridized carbons (Fsp3) is 0.261. The first-order chi connectivity index (χ1) is 15.1. The zero-order valence-corrected chi connectivity index (χ0v) is 16.8. The van der Waals surface area contributed by atoms with E-state index in [9.17, 15) is 14.7 Å². The number of H-pyrrole nitrogens is 1. The second kappa shape index (κ2) is 7.88. The smallest absolute Gasteiger partial charge is 0.294 e. The highest BCUT2D eigenvalue weighted by atomic mass is 16.3. The molecule has 0 radical (unpaired) electrons. The number of phenols is 1. The van der Waals surface area contributed by atoms with Crippen molar-refractivity contribution >= 4 is 33.7 Å². The van der Waals surface area contributed by atoms with E-state index in [1.54, 1.807) is 24.3 Å². The normalized spacial score (nSPS) is 15.5. The Morgan fingerprint density at radius 1 is 1.16 bits per heavy atom. The number of rotatable bonds is 4. The molecule has 5 rings (SSSR count). The zero-order chi connectivity index (χ0) is 21.4. The number of nitrogens with zero attached hydrogens (tertiary/aromatic N) is 2. The quantitative estimate of drug-likeness (QED) is 0.439. The van der Waals surface area contributed by atoms with Gasteiger partial charge in [0.1, 0.15) is 22.7 Å². The van der Waals surface area contributed by atoms with Crippen molar-refractivity contribution in [3.05, 3.63) is 64.7 Å². The number of hydrogen-bond donors (Lipinski definition) is 3. The molecule has 4 aromatic rings. The van der Waals surface area contributed by atoms with Crippen molar-refractivity contribution in [2.45, 2.75) is 19.4 Å². The number of amides is 1. The molecule has 1 aliphatic heterocycles. The number of phenolic OH excluding ortho intramolecular Hbond substituents is 1. The number of para-hydroxylation sites is 3. The third kappa shape index (κ3) is 3.77. The zero-order valence-electron chi connectivity index (χ0n) is 16.8. The number of fused-ring (bicyclic) bond motifs is 3. The van der Waals surface area contributed by atoms with Crippen molar-refractivity contribution in [3.63, 3.8) is 0 Å². The summed E-state index contributed by atoms with van der Waals surface area (Å²) in [4.78, 5) is 34.7. The number of aromatic hydroxyl groups is 1.